The van der Waals surface area contributed by atoms with Crippen LogP contribution in [0.25, 0.3) is 0 Å². The molecular weight excluding hydrogens is 326 g/mol. The third-order valence-corrected chi connectivity index (χ3v) is 6.86. The van der Waals surface area contributed by atoms with Crippen molar-refractivity contribution in [3.8, 4) is 0 Å². The molecule has 3 rings (SSSR count). The van der Waals surface area contributed by atoms with Gasteiger partial charge in [-0.15, -0.1) is 0 Å². The Hall–Kier alpha value is -2.17. The molecule has 0 radical (unpaired) electrons. The summed E-state index contributed by atoms with van der Waals surface area (Å²) in [6, 6.07) is 7.42. The van der Waals surface area contributed by atoms with Gasteiger partial charge in [0.05, 0.1) is 0 Å². The van der Waals surface area contributed by atoms with Gasteiger partial charge in [0.15, 0.2) is 0 Å². The third kappa shape index (κ3) is 3.15. The van der Waals surface area contributed by atoms with Crippen LogP contribution >= 0.6 is 0 Å². The third-order valence-electron chi connectivity index (χ3n) is 6.86. The second-order valence-corrected chi connectivity index (χ2v) is 8.41. The Balaban J connectivity index is 1.48. The van der Waals surface area contributed by atoms with Gasteiger partial charge in [-0.1, -0.05) is 39.0 Å². The number of hydrogen-bond donors (Lipinski definition) is 2. The van der Waals surface area contributed by atoms with Crippen molar-refractivity contribution in [2.75, 3.05) is 6.54 Å². The van der Waals surface area contributed by atoms with E-state index in [4.69, 9.17) is 0 Å². The SMILES string of the molecule is Cc1ccccc1C(=O)NCCC(=O)N/N=C1/C[C@H]2CC[C@@]1(C)C2(C)C. The Labute approximate surface area is 155 Å². The lowest BCUT2D eigenvalue weighted by molar-refractivity contribution is -0.120. The van der Waals surface area contributed by atoms with Crippen LogP contribution in [0.3, 0.4) is 0 Å². The summed E-state index contributed by atoms with van der Waals surface area (Å²) in [7, 11) is 0. The van der Waals surface area contributed by atoms with E-state index in [-0.39, 0.29) is 29.1 Å². The lowest BCUT2D eigenvalue weighted by Crippen LogP contribution is -2.34. The summed E-state index contributed by atoms with van der Waals surface area (Å²) in [5.74, 6) is 0.355. The molecule has 2 atom stereocenters. The van der Waals surface area contributed by atoms with E-state index in [2.05, 4.69) is 36.6 Å². The van der Waals surface area contributed by atoms with E-state index in [1.54, 1.807) is 6.07 Å². The first kappa shape index (κ1) is 18.6. The summed E-state index contributed by atoms with van der Waals surface area (Å²) in [5.41, 5.74) is 5.72. The number of nitrogens with zero attached hydrogens (tertiary/aromatic N) is 1. The largest absolute Gasteiger partial charge is 0.352 e. The van der Waals surface area contributed by atoms with E-state index in [1.165, 1.54) is 6.42 Å². The fourth-order valence-corrected chi connectivity index (χ4v) is 4.50. The average Bonchev–Trinajstić information content (AvgIpc) is 2.93. The number of benzene rings is 1. The number of nitrogens with one attached hydrogen (secondary N) is 2. The highest BCUT2D eigenvalue weighted by atomic mass is 16.2. The van der Waals surface area contributed by atoms with E-state index in [1.807, 2.05) is 25.1 Å². The number of aryl methyl sites for hydroxylation is 1. The lowest BCUT2D eigenvalue weighted by Gasteiger charge is -2.34. The Bertz CT molecular complexity index is 753. The van der Waals surface area contributed by atoms with Crippen molar-refractivity contribution >= 4 is 17.5 Å². The Morgan fingerprint density at radius 2 is 1.96 bits per heavy atom. The molecule has 2 amide bonds. The highest BCUT2D eigenvalue weighted by Crippen LogP contribution is 2.63. The summed E-state index contributed by atoms with van der Waals surface area (Å²) in [6.07, 6.45) is 3.60. The van der Waals surface area contributed by atoms with Crippen LogP contribution in [0.15, 0.2) is 29.4 Å². The summed E-state index contributed by atoms with van der Waals surface area (Å²) >= 11 is 0. The van der Waals surface area contributed by atoms with Gasteiger partial charge in [-0.05, 0) is 49.1 Å². The molecule has 0 saturated heterocycles. The Kier molecular flexibility index (Phi) is 4.91. The molecule has 2 N–H and O–H groups in total. The summed E-state index contributed by atoms with van der Waals surface area (Å²) < 4.78 is 0. The highest BCUT2D eigenvalue weighted by molar-refractivity contribution is 5.96. The zero-order chi connectivity index (χ0) is 18.9. The minimum atomic E-state index is -0.160. The van der Waals surface area contributed by atoms with Crippen molar-refractivity contribution in [1.82, 2.24) is 10.7 Å². The van der Waals surface area contributed by atoms with Crippen LogP contribution in [0.1, 0.15) is 62.4 Å². The van der Waals surface area contributed by atoms with Gasteiger partial charge in [0, 0.05) is 29.7 Å². The maximum atomic E-state index is 12.1. The molecule has 5 nitrogen and oxygen atoms in total. The zero-order valence-corrected chi connectivity index (χ0v) is 16.2. The summed E-state index contributed by atoms with van der Waals surface area (Å²) in [5, 5.41) is 7.25. The van der Waals surface area contributed by atoms with Crippen molar-refractivity contribution in [1.29, 1.82) is 0 Å². The molecule has 1 aromatic carbocycles. The van der Waals surface area contributed by atoms with Crippen LogP contribution < -0.4 is 10.7 Å². The minimum absolute atomic E-state index is 0.0873. The van der Waals surface area contributed by atoms with Gasteiger partial charge in [0.2, 0.25) is 5.91 Å². The van der Waals surface area contributed by atoms with Crippen LogP contribution in [-0.4, -0.2) is 24.1 Å². The van der Waals surface area contributed by atoms with Gasteiger partial charge >= 0.3 is 0 Å². The van der Waals surface area contributed by atoms with Gasteiger partial charge in [-0.3, -0.25) is 9.59 Å². The zero-order valence-electron chi connectivity index (χ0n) is 16.2. The molecule has 2 fully saturated rings. The molecule has 0 unspecified atom stereocenters. The van der Waals surface area contributed by atoms with Crippen molar-refractivity contribution in [3.05, 3.63) is 35.4 Å². The quantitative estimate of drug-likeness (QED) is 0.794. The van der Waals surface area contributed by atoms with E-state index < -0.39 is 0 Å². The maximum absolute atomic E-state index is 12.1. The molecule has 2 aliphatic carbocycles. The molecule has 0 aliphatic heterocycles. The monoisotopic (exact) mass is 355 g/mol. The lowest BCUT2D eigenvalue weighted by atomic mass is 9.70. The molecular formula is C21H29N3O2. The standard InChI is InChI=1S/C21H29N3O2/c1-14-7-5-6-8-16(14)19(26)22-12-10-18(25)24-23-17-13-15-9-11-21(17,4)20(15,2)3/h5-8,15H,9-13H2,1-4H3,(H,22,26)(H,24,25)/b23-17-/t15-,21-/m1/s1. The van der Waals surface area contributed by atoms with Gasteiger partial charge in [0.25, 0.3) is 5.91 Å². The molecule has 1 aromatic rings. The molecule has 0 aromatic heterocycles. The number of fused-ring (bicyclic) bond motifs is 2. The topological polar surface area (TPSA) is 70.6 Å². The number of amides is 2. The van der Waals surface area contributed by atoms with Crippen LogP contribution in [-0.2, 0) is 4.79 Å². The molecule has 5 heteroatoms. The van der Waals surface area contributed by atoms with E-state index in [0.717, 1.165) is 24.1 Å². The fourth-order valence-electron chi connectivity index (χ4n) is 4.50. The van der Waals surface area contributed by atoms with Crippen LogP contribution in [0, 0.1) is 23.7 Å². The number of carbonyl (C=O) groups excluding carboxylic acids is 2. The van der Waals surface area contributed by atoms with Crippen LogP contribution in [0.5, 0.6) is 0 Å². The number of carbonyl (C=O) groups is 2. The van der Waals surface area contributed by atoms with Crippen molar-refractivity contribution in [3.63, 3.8) is 0 Å². The maximum Gasteiger partial charge on any atom is 0.251 e. The molecule has 2 saturated carbocycles. The molecule has 2 bridgehead atoms. The summed E-state index contributed by atoms with van der Waals surface area (Å²) in [4.78, 5) is 24.2. The van der Waals surface area contributed by atoms with Crippen LogP contribution in [0.4, 0.5) is 0 Å². The van der Waals surface area contributed by atoms with Crippen molar-refractivity contribution in [2.24, 2.45) is 21.8 Å². The molecule has 0 spiro atoms. The van der Waals surface area contributed by atoms with Crippen molar-refractivity contribution in [2.45, 2.75) is 53.4 Å². The second kappa shape index (κ2) is 6.86. The van der Waals surface area contributed by atoms with Gasteiger partial charge in [-0.2, -0.15) is 5.10 Å². The van der Waals surface area contributed by atoms with Gasteiger partial charge in [0.1, 0.15) is 0 Å². The number of rotatable bonds is 5. The van der Waals surface area contributed by atoms with E-state index in [9.17, 15) is 9.59 Å². The molecule has 26 heavy (non-hydrogen) atoms. The average molecular weight is 355 g/mol. The van der Waals surface area contributed by atoms with Crippen molar-refractivity contribution < 1.29 is 9.59 Å². The first-order valence-electron chi connectivity index (χ1n) is 9.45. The minimum Gasteiger partial charge on any atom is -0.352 e. The normalized spacial score (nSPS) is 27.5. The second-order valence-electron chi connectivity index (χ2n) is 8.41. The molecule has 140 valence electrons. The number of hydrogen-bond acceptors (Lipinski definition) is 3. The highest BCUT2D eigenvalue weighted by Gasteiger charge is 2.59. The van der Waals surface area contributed by atoms with E-state index >= 15 is 0 Å². The first-order chi connectivity index (χ1) is 12.3. The number of hydrazone groups is 1. The summed E-state index contributed by atoms with van der Waals surface area (Å²) in [6.45, 7) is 9.10. The predicted octanol–water partition coefficient (Wildman–Crippen LogP) is 3.43. The van der Waals surface area contributed by atoms with Gasteiger partial charge in [-0.25, -0.2) is 5.43 Å². The Morgan fingerprint density at radius 3 is 2.58 bits per heavy atom. The van der Waals surface area contributed by atoms with Gasteiger partial charge < -0.3 is 5.32 Å². The molecule has 0 heterocycles. The fraction of sp³-hybridized carbons (Fsp3) is 0.571. The predicted molar refractivity (Wildman–Crippen MR) is 103 cm³/mol. The molecule has 2 aliphatic rings. The van der Waals surface area contributed by atoms with E-state index in [0.29, 0.717) is 18.0 Å². The smallest absolute Gasteiger partial charge is 0.251 e. The van der Waals surface area contributed by atoms with Crippen LogP contribution in [0.2, 0.25) is 0 Å². The Morgan fingerprint density at radius 1 is 1.23 bits per heavy atom. The first-order valence-corrected chi connectivity index (χ1v) is 9.45.